The fourth-order valence-electron chi connectivity index (χ4n) is 1.83. The summed E-state index contributed by atoms with van der Waals surface area (Å²) in [7, 11) is 0. The predicted molar refractivity (Wildman–Crippen MR) is 106 cm³/mol. The van der Waals surface area contributed by atoms with E-state index in [0.29, 0.717) is 16.3 Å². The van der Waals surface area contributed by atoms with E-state index in [9.17, 15) is 9.59 Å². The highest BCUT2D eigenvalue weighted by atomic mass is 79.9. The average molecular weight is 458 g/mol. The van der Waals surface area contributed by atoms with Gasteiger partial charge in [0.25, 0.3) is 5.91 Å². The van der Waals surface area contributed by atoms with Crippen LogP contribution in [-0.2, 0) is 4.79 Å². The van der Waals surface area contributed by atoms with Crippen molar-refractivity contribution in [3.63, 3.8) is 0 Å². The molecule has 0 spiro atoms. The molecule has 2 rings (SSSR count). The number of carbonyl (C=O) groups excluding carboxylic acids is 2. The zero-order chi connectivity index (χ0) is 19.3. The minimum absolute atomic E-state index is 0.221. The second-order valence-corrected chi connectivity index (χ2v) is 7.34. The van der Waals surface area contributed by atoms with Gasteiger partial charge < -0.3 is 4.74 Å². The van der Waals surface area contributed by atoms with Crippen molar-refractivity contribution in [2.24, 2.45) is 11.0 Å². The van der Waals surface area contributed by atoms with Gasteiger partial charge in [0.15, 0.2) is 0 Å². The first-order valence-electron chi connectivity index (χ1n) is 7.57. The lowest BCUT2D eigenvalue weighted by molar-refractivity contribution is -0.137. The van der Waals surface area contributed by atoms with Gasteiger partial charge in [0.1, 0.15) is 5.75 Å². The Bertz CT molecular complexity index is 870. The third-order valence-corrected chi connectivity index (χ3v) is 4.24. The molecule has 0 saturated heterocycles. The number of hydrogen-bond acceptors (Lipinski definition) is 4. The summed E-state index contributed by atoms with van der Waals surface area (Å²) in [5.41, 5.74) is 3.15. The van der Waals surface area contributed by atoms with Gasteiger partial charge in [0.2, 0.25) is 0 Å². The number of amides is 1. The molecular formula is C18H15BrCl2N2O3. The van der Waals surface area contributed by atoms with Gasteiger partial charge in [-0.25, -0.2) is 5.43 Å². The van der Waals surface area contributed by atoms with E-state index >= 15 is 0 Å². The van der Waals surface area contributed by atoms with Crippen molar-refractivity contribution in [2.45, 2.75) is 13.8 Å². The van der Waals surface area contributed by atoms with E-state index in [4.69, 9.17) is 27.9 Å². The minimum Gasteiger partial charge on any atom is -0.426 e. The van der Waals surface area contributed by atoms with Crippen LogP contribution in [-0.4, -0.2) is 18.1 Å². The first-order chi connectivity index (χ1) is 12.3. The lowest BCUT2D eigenvalue weighted by Crippen LogP contribution is -2.18. The van der Waals surface area contributed by atoms with Crippen LogP contribution in [0.2, 0.25) is 10.0 Å². The summed E-state index contributed by atoms with van der Waals surface area (Å²) >= 11 is 15.1. The number of hydrogen-bond donors (Lipinski definition) is 1. The Hall–Kier alpha value is -1.89. The van der Waals surface area contributed by atoms with Crippen LogP contribution in [0.15, 0.2) is 46.0 Å². The molecule has 0 aromatic heterocycles. The summed E-state index contributed by atoms with van der Waals surface area (Å²) < 4.78 is 6.11. The maximum atomic E-state index is 12.1. The molecule has 26 heavy (non-hydrogen) atoms. The van der Waals surface area contributed by atoms with E-state index in [1.54, 1.807) is 38.1 Å². The highest BCUT2D eigenvalue weighted by Gasteiger charge is 2.13. The second-order valence-electron chi connectivity index (χ2n) is 5.58. The van der Waals surface area contributed by atoms with Gasteiger partial charge in [-0.3, -0.25) is 9.59 Å². The molecule has 8 heteroatoms. The Balaban J connectivity index is 2.15. The molecule has 0 aliphatic heterocycles. The van der Waals surface area contributed by atoms with Gasteiger partial charge in [-0.2, -0.15) is 5.10 Å². The number of ether oxygens (including phenoxy) is 1. The Labute approximate surface area is 169 Å². The predicted octanol–water partition coefficient (Wildman–Crippen LogP) is 5.08. The van der Waals surface area contributed by atoms with Crippen LogP contribution in [0.5, 0.6) is 5.75 Å². The molecule has 2 aromatic rings. The second kappa shape index (κ2) is 9.16. The lowest BCUT2D eigenvalue weighted by Gasteiger charge is -2.09. The molecule has 2 aromatic carbocycles. The maximum absolute atomic E-state index is 12.1. The van der Waals surface area contributed by atoms with Crippen molar-refractivity contribution < 1.29 is 14.3 Å². The zero-order valence-corrected chi connectivity index (χ0v) is 17.0. The third-order valence-electron chi connectivity index (χ3n) is 3.20. The average Bonchev–Trinajstić information content (AvgIpc) is 2.56. The summed E-state index contributed by atoms with van der Waals surface area (Å²) in [6, 6.07) is 9.64. The molecule has 0 saturated carbocycles. The molecule has 0 aliphatic carbocycles. The number of nitrogens with one attached hydrogen (secondary N) is 1. The highest BCUT2D eigenvalue weighted by molar-refractivity contribution is 9.10. The monoisotopic (exact) mass is 456 g/mol. The van der Waals surface area contributed by atoms with E-state index in [1.807, 2.05) is 0 Å². The van der Waals surface area contributed by atoms with Gasteiger partial charge in [-0.1, -0.05) is 53.0 Å². The van der Waals surface area contributed by atoms with Crippen molar-refractivity contribution >= 4 is 57.2 Å². The van der Waals surface area contributed by atoms with E-state index in [2.05, 4.69) is 26.5 Å². The quantitative estimate of drug-likeness (QED) is 0.294. The van der Waals surface area contributed by atoms with Crippen LogP contribution in [0.25, 0.3) is 0 Å². The normalized spacial score (nSPS) is 11.0. The van der Waals surface area contributed by atoms with Crippen LogP contribution < -0.4 is 10.2 Å². The number of benzene rings is 2. The Morgan fingerprint density at radius 3 is 2.58 bits per heavy atom. The van der Waals surface area contributed by atoms with E-state index in [1.165, 1.54) is 18.3 Å². The zero-order valence-electron chi connectivity index (χ0n) is 13.9. The molecule has 0 fully saturated rings. The summed E-state index contributed by atoms with van der Waals surface area (Å²) in [6.45, 7) is 3.48. The smallest absolute Gasteiger partial charge is 0.313 e. The van der Waals surface area contributed by atoms with Crippen molar-refractivity contribution in [2.75, 3.05) is 0 Å². The van der Waals surface area contributed by atoms with Crippen molar-refractivity contribution in [1.29, 1.82) is 0 Å². The third kappa shape index (κ3) is 5.56. The molecule has 0 atom stereocenters. The van der Waals surface area contributed by atoms with Gasteiger partial charge in [-0.05, 0) is 36.4 Å². The van der Waals surface area contributed by atoms with Gasteiger partial charge in [-0.15, -0.1) is 0 Å². The minimum atomic E-state index is -0.487. The summed E-state index contributed by atoms with van der Waals surface area (Å²) in [5.74, 6) is -0.776. The first kappa shape index (κ1) is 20.4. The number of esters is 1. The lowest BCUT2D eigenvalue weighted by atomic mass is 10.2. The Kier molecular flexibility index (Phi) is 7.20. The number of carbonyl (C=O) groups is 2. The van der Waals surface area contributed by atoms with Crippen LogP contribution in [0.4, 0.5) is 0 Å². The van der Waals surface area contributed by atoms with Gasteiger partial charge in [0, 0.05) is 15.1 Å². The van der Waals surface area contributed by atoms with Crippen LogP contribution in [0.3, 0.4) is 0 Å². The Morgan fingerprint density at radius 1 is 1.19 bits per heavy atom. The van der Waals surface area contributed by atoms with E-state index in [-0.39, 0.29) is 22.5 Å². The van der Waals surface area contributed by atoms with E-state index in [0.717, 1.165) is 4.47 Å². The molecule has 1 N–H and O–H groups in total. The van der Waals surface area contributed by atoms with Crippen molar-refractivity contribution in [3.8, 4) is 5.75 Å². The maximum Gasteiger partial charge on any atom is 0.313 e. The fourth-order valence-corrected chi connectivity index (χ4v) is 2.71. The molecule has 0 aliphatic rings. The molecule has 0 heterocycles. The SMILES string of the molecule is CC(C)C(=O)Oc1ccc(Br)cc1/C=N\NC(=O)c1ccc(Cl)cc1Cl. The summed E-state index contributed by atoms with van der Waals surface area (Å²) in [4.78, 5) is 23.9. The molecule has 136 valence electrons. The molecule has 5 nitrogen and oxygen atoms in total. The Morgan fingerprint density at radius 2 is 1.92 bits per heavy atom. The number of hydrazone groups is 1. The largest absolute Gasteiger partial charge is 0.426 e. The molecule has 0 unspecified atom stereocenters. The van der Waals surface area contributed by atoms with E-state index < -0.39 is 5.91 Å². The van der Waals surface area contributed by atoms with Gasteiger partial charge >= 0.3 is 5.97 Å². The highest BCUT2D eigenvalue weighted by Crippen LogP contribution is 2.23. The number of rotatable bonds is 5. The number of nitrogens with zero attached hydrogens (tertiary/aromatic N) is 1. The first-order valence-corrected chi connectivity index (χ1v) is 9.12. The standard InChI is InChI=1S/C18H15BrCl2N2O3/c1-10(2)18(25)26-16-6-3-12(19)7-11(16)9-22-23-17(24)14-5-4-13(20)8-15(14)21/h3-10H,1-2H3,(H,23,24)/b22-9-. The molecule has 0 bridgehead atoms. The van der Waals surface area contributed by atoms with Crippen molar-refractivity contribution in [1.82, 2.24) is 5.43 Å². The molecule has 1 amide bonds. The fraction of sp³-hybridized carbons (Fsp3) is 0.167. The topological polar surface area (TPSA) is 67.8 Å². The number of halogens is 3. The van der Waals surface area contributed by atoms with Crippen LogP contribution in [0, 0.1) is 5.92 Å². The van der Waals surface area contributed by atoms with Gasteiger partial charge in [0.05, 0.1) is 22.7 Å². The molecular weight excluding hydrogens is 443 g/mol. The summed E-state index contributed by atoms with van der Waals surface area (Å²) in [5, 5.41) is 4.56. The van der Waals surface area contributed by atoms with Crippen molar-refractivity contribution in [3.05, 3.63) is 62.0 Å². The molecule has 0 radical (unpaired) electrons. The summed E-state index contributed by atoms with van der Waals surface area (Å²) in [6.07, 6.45) is 1.38. The van der Waals surface area contributed by atoms with Crippen LogP contribution >= 0.6 is 39.1 Å². The van der Waals surface area contributed by atoms with Crippen LogP contribution in [0.1, 0.15) is 29.8 Å².